The minimum atomic E-state index is -0.112. The quantitative estimate of drug-likeness (QED) is 0.760. The Balaban J connectivity index is 1.70. The average Bonchev–Trinajstić information content (AvgIpc) is 2.46. The molecule has 1 aromatic rings. The maximum atomic E-state index is 12.3. The van der Waals surface area contributed by atoms with Crippen LogP contribution in [0.2, 0.25) is 0 Å². The van der Waals surface area contributed by atoms with E-state index in [0.717, 1.165) is 6.42 Å². The minimum absolute atomic E-state index is 0.0270. The number of amides is 2. The largest absolute Gasteiger partial charge is 0.366 e. The summed E-state index contributed by atoms with van der Waals surface area (Å²) in [6.45, 7) is 1.27. The fourth-order valence-electron chi connectivity index (χ4n) is 2.56. The Hall–Kier alpha value is -1.95. The molecule has 0 bridgehead atoms. The average molecular weight is 261 g/mol. The number of piperidine rings is 1. The lowest BCUT2D eigenvalue weighted by Gasteiger charge is -2.41. The van der Waals surface area contributed by atoms with Crippen LogP contribution in [-0.4, -0.2) is 53.5 Å². The van der Waals surface area contributed by atoms with Crippen molar-refractivity contribution in [3.05, 3.63) is 30.1 Å². The normalized spacial score (nSPS) is 26.5. The molecule has 0 spiro atoms. The van der Waals surface area contributed by atoms with Gasteiger partial charge >= 0.3 is 0 Å². The Labute approximate surface area is 110 Å². The molecule has 3 heterocycles. The molecule has 6 nitrogen and oxygen atoms in total. The summed E-state index contributed by atoms with van der Waals surface area (Å²) in [5, 5.41) is 2.88. The number of carbonyl (C=O) groups excluding carboxylic acids is 2. The third-order valence-corrected chi connectivity index (χ3v) is 3.54. The highest BCUT2D eigenvalue weighted by atomic mass is 16.5. The molecule has 100 valence electrons. The highest BCUT2D eigenvalue weighted by Gasteiger charge is 2.36. The Kier molecular flexibility index (Phi) is 3.16. The summed E-state index contributed by atoms with van der Waals surface area (Å²) in [4.78, 5) is 29.3. The van der Waals surface area contributed by atoms with Crippen molar-refractivity contribution >= 4 is 11.8 Å². The van der Waals surface area contributed by atoms with E-state index < -0.39 is 0 Å². The second kappa shape index (κ2) is 4.97. The van der Waals surface area contributed by atoms with E-state index in [4.69, 9.17) is 4.74 Å². The van der Waals surface area contributed by atoms with Crippen molar-refractivity contribution in [1.29, 1.82) is 0 Å². The second-order valence-corrected chi connectivity index (χ2v) is 4.80. The van der Waals surface area contributed by atoms with Gasteiger partial charge in [-0.15, -0.1) is 0 Å². The number of nitrogens with zero attached hydrogens (tertiary/aromatic N) is 2. The molecular weight excluding hydrogens is 246 g/mol. The molecule has 2 amide bonds. The predicted octanol–water partition coefficient (Wildman–Crippen LogP) is -0.189. The third kappa shape index (κ3) is 2.44. The number of hydrogen-bond acceptors (Lipinski definition) is 4. The molecule has 1 aromatic heterocycles. The number of likely N-dealkylation sites (tertiary alicyclic amines) is 1. The fourth-order valence-corrected chi connectivity index (χ4v) is 2.56. The lowest BCUT2D eigenvalue weighted by molar-refractivity contribution is -0.139. The van der Waals surface area contributed by atoms with Gasteiger partial charge < -0.3 is 15.0 Å². The van der Waals surface area contributed by atoms with Crippen LogP contribution in [0.4, 0.5) is 0 Å². The molecule has 0 radical (unpaired) electrons. The number of rotatable bonds is 1. The molecule has 2 fully saturated rings. The third-order valence-electron chi connectivity index (χ3n) is 3.54. The van der Waals surface area contributed by atoms with E-state index in [1.807, 2.05) is 0 Å². The molecular formula is C13H15N3O3. The number of fused-ring (bicyclic) bond motifs is 1. The van der Waals surface area contributed by atoms with Crippen LogP contribution in [0.3, 0.4) is 0 Å². The van der Waals surface area contributed by atoms with Gasteiger partial charge in [-0.3, -0.25) is 14.6 Å². The summed E-state index contributed by atoms with van der Waals surface area (Å²) >= 11 is 0. The van der Waals surface area contributed by atoms with Crippen LogP contribution in [0, 0.1) is 0 Å². The van der Waals surface area contributed by atoms with Crippen LogP contribution < -0.4 is 5.32 Å². The standard InChI is InChI=1S/C13H15N3O3/c17-12-8-19-11-3-6-16(7-10(11)15-12)13(18)9-1-4-14-5-2-9/h1-2,4-5,10-11H,3,6-8H2,(H,15,17)/t10-,11+/m0/s1. The van der Waals surface area contributed by atoms with E-state index >= 15 is 0 Å². The summed E-state index contributed by atoms with van der Waals surface area (Å²) in [5.74, 6) is -0.139. The highest BCUT2D eigenvalue weighted by molar-refractivity contribution is 5.94. The van der Waals surface area contributed by atoms with Gasteiger partial charge in [-0.2, -0.15) is 0 Å². The van der Waals surface area contributed by atoms with Gasteiger partial charge in [0.05, 0.1) is 12.1 Å². The Morgan fingerprint density at radius 2 is 2.21 bits per heavy atom. The van der Waals surface area contributed by atoms with E-state index in [-0.39, 0.29) is 30.6 Å². The van der Waals surface area contributed by atoms with Crippen LogP contribution in [0.15, 0.2) is 24.5 Å². The molecule has 0 aliphatic carbocycles. The molecule has 3 rings (SSSR count). The highest BCUT2D eigenvalue weighted by Crippen LogP contribution is 2.19. The fraction of sp³-hybridized carbons (Fsp3) is 0.462. The summed E-state index contributed by atoms with van der Waals surface area (Å²) in [5.41, 5.74) is 0.622. The van der Waals surface area contributed by atoms with Crippen molar-refractivity contribution in [1.82, 2.24) is 15.2 Å². The first-order valence-corrected chi connectivity index (χ1v) is 6.34. The van der Waals surface area contributed by atoms with E-state index in [0.29, 0.717) is 18.7 Å². The first-order valence-electron chi connectivity index (χ1n) is 6.34. The van der Waals surface area contributed by atoms with E-state index in [1.165, 1.54) is 0 Å². The van der Waals surface area contributed by atoms with Crippen LogP contribution in [0.5, 0.6) is 0 Å². The van der Waals surface area contributed by atoms with Gasteiger partial charge in [-0.1, -0.05) is 0 Å². The molecule has 19 heavy (non-hydrogen) atoms. The molecule has 1 N–H and O–H groups in total. The van der Waals surface area contributed by atoms with Crippen LogP contribution in [0.1, 0.15) is 16.8 Å². The number of pyridine rings is 1. The van der Waals surface area contributed by atoms with Gasteiger partial charge in [0.15, 0.2) is 0 Å². The maximum Gasteiger partial charge on any atom is 0.254 e. The smallest absolute Gasteiger partial charge is 0.254 e. The SMILES string of the molecule is O=C1CO[C@@H]2CCN(C(=O)c3ccncc3)C[C@@H]2N1. The predicted molar refractivity (Wildman–Crippen MR) is 66.4 cm³/mol. The van der Waals surface area contributed by atoms with Crippen molar-refractivity contribution in [2.24, 2.45) is 0 Å². The van der Waals surface area contributed by atoms with Crippen molar-refractivity contribution < 1.29 is 14.3 Å². The zero-order valence-electron chi connectivity index (χ0n) is 10.4. The molecule has 2 saturated heterocycles. The number of carbonyl (C=O) groups is 2. The molecule has 0 aromatic carbocycles. The Morgan fingerprint density at radius 1 is 1.42 bits per heavy atom. The van der Waals surface area contributed by atoms with Gasteiger partial charge in [-0.05, 0) is 18.6 Å². The van der Waals surface area contributed by atoms with E-state index in [9.17, 15) is 9.59 Å². The molecule has 2 aliphatic rings. The number of morpholine rings is 1. The van der Waals surface area contributed by atoms with Gasteiger partial charge in [0, 0.05) is 31.0 Å². The van der Waals surface area contributed by atoms with Gasteiger partial charge in [0.1, 0.15) is 6.61 Å². The first kappa shape index (κ1) is 12.1. The maximum absolute atomic E-state index is 12.3. The lowest BCUT2D eigenvalue weighted by atomic mass is 10.00. The van der Waals surface area contributed by atoms with Crippen LogP contribution in [0.25, 0.3) is 0 Å². The van der Waals surface area contributed by atoms with Crippen molar-refractivity contribution in [3.8, 4) is 0 Å². The second-order valence-electron chi connectivity index (χ2n) is 4.80. The van der Waals surface area contributed by atoms with Gasteiger partial charge in [-0.25, -0.2) is 0 Å². The van der Waals surface area contributed by atoms with Crippen molar-refractivity contribution in [3.63, 3.8) is 0 Å². The molecule has 2 aliphatic heterocycles. The zero-order chi connectivity index (χ0) is 13.2. The first-order chi connectivity index (χ1) is 9.24. The molecule has 0 saturated carbocycles. The lowest BCUT2D eigenvalue weighted by Crippen LogP contribution is -2.61. The summed E-state index contributed by atoms with van der Waals surface area (Å²) < 4.78 is 5.47. The molecule has 0 unspecified atom stereocenters. The number of ether oxygens (including phenoxy) is 1. The van der Waals surface area contributed by atoms with Gasteiger partial charge in [0.25, 0.3) is 5.91 Å². The van der Waals surface area contributed by atoms with Gasteiger partial charge in [0.2, 0.25) is 5.91 Å². The van der Waals surface area contributed by atoms with E-state index in [2.05, 4.69) is 10.3 Å². The van der Waals surface area contributed by atoms with E-state index in [1.54, 1.807) is 29.4 Å². The number of nitrogens with one attached hydrogen (secondary N) is 1. The molecule has 6 heteroatoms. The van der Waals surface area contributed by atoms with Crippen LogP contribution >= 0.6 is 0 Å². The number of aromatic nitrogens is 1. The summed E-state index contributed by atoms with van der Waals surface area (Å²) in [6.07, 6.45) is 3.98. The summed E-state index contributed by atoms with van der Waals surface area (Å²) in [6, 6.07) is 3.30. The summed E-state index contributed by atoms with van der Waals surface area (Å²) in [7, 11) is 0. The number of hydrogen-bond donors (Lipinski definition) is 1. The molecule has 2 atom stereocenters. The zero-order valence-corrected chi connectivity index (χ0v) is 10.4. The van der Waals surface area contributed by atoms with Crippen LogP contribution in [-0.2, 0) is 9.53 Å². The minimum Gasteiger partial charge on any atom is -0.366 e. The Morgan fingerprint density at radius 3 is 3.00 bits per heavy atom. The van der Waals surface area contributed by atoms with Crippen molar-refractivity contribution in [2.75, 3.05) is 19.7 Å². The topological polar surface area (TPSA) is 71.5 Å². The Bertz CT molecular complexity index is 491. The monoisotopic (exact) mass is 261 g/mol. The van der Waals surface area contributed by atoms with Crippen molar-refractivity contribution in [2.45, 2.75) is 18.6 Å².